The molecule has 0 spiro atoms. The minimum atomic E-state index is 0.0748. The number of rotatable bonds is 2. The molecule has 2 aromatic carbocycles. The Morgan fingerprint density at radius 2 is 1.86 bits per heavy atom. The first-order valence-corrected chi connectivity index (χ1v) is 12.1. The molecule has 0 saturated carbocycles. The fourth-order valence-corrected chi connectivity index (χ4v) is 5.63. The standard InChI is InChI=1S/C31H27N3O/c1-5-26-22-10-8-7-9-21(22)23-13-11-20-12-14-24-25-17-32-18(3)16-29(25)35-31(24)30(20)27(6-2)33-19(4)15-28(23)34-26/h5-10,12,14,16-17,23,28H,1-2,4,11,13,15H2,3H3. The van der Waals surface area contributed by atoms with Gasteiger partial charge in [0.1, 0.15) is 11.2 Å². The molecule has 2 atom stereocenters. The van der Waals surface area contributed by atoms with Crippen LogP contribution in [0.2, 0.25) is 0 Å². The Morgan fingerprint density at radius 1 is 1.03 bits per heavy atom. The number of aryl methyl sites for hydroxylation is 2. The highest BCUT2D eigenvalue weighted by molar-refractivity contribution is 6.20. The molecule has 2 unspecified atom stereocenters. The fourth-order valence-electron chi connectivity index (χ4n) is 5.63. The van der Waals surface area contributed by atoms with E-state index in [2.05, 4.69) is 61.1 Å². The summed E-state index contributed by atoms with van der Waals surface area (Å²) >= 11 is 0. The highest BCUT2D eigenvalue weighted by Gasteiger charge is 2.31. The molecule has 0 bridgehead atoms. The topological polar surface area (TPSA) is 50.8 Å². The van der Waals surface area contributed by atoms with E-state index in [0.717, 1.165) is 63.2 Å². The van der Waals surface area contributed by atoms with Gasteiger partial charge in [-0.3, -0.25) is 15.0 Å². The lowest BCUT2D eigenvalue weighted by molar-refractivity contribution is 0.490. The number of hydrogen-bond acceptors (Lipinski definition) is 4. The maximum absolute atomic E-state index is 6.43. The minimum absolute atomic E-state index is 0.0748. The molecule has 35 heavy (non-hydrogen) atoms. The van der Waals surface area contributed by atoms with Gasteiger partial charge in [0, 0.05) is 57.9 Å². The summed E-state index contributed by atoms with van der Waals surface area (Å²) in [6, 6.07) is 15.0. The van der Waals surface area contributed by atoms with Crippen molar-refractivity contribution in [1.82, 2.24) is 4.98 Å². The second-order valence-electron chi connectivity index (χ2n) is 9.39. The van der Waals surface area contributed by atoms with E-state index in [0.29, 0.717) is 6.42 Å². The zero-order valence-corrected chi connectivity index (χ0v) is 19.9. The Morgan fingerprint density at radius 3 is 2.69 bits per heavy atom. The summed E-state index contributed by atoms with van der Waals surface area (Å²) in [7, 11) is 0. The van der Waals surface area contributed by atoms with Crippen LogP contribution in [0.4, 0.5) is 0 Å². The zero-order valence-electron chi connectivity index (χ0n) is 19.9. The molecule has 0 fully saturated rings. The number of aromatic nitrogens is 1. The van der Waals surface area contributed by atoms with E-state index in [1.54, 1.807) is 0 Å². The van der Waals surface area contributed by atoms with Crippen molar-refractivity contribution in [3.8, 4) is 0 Å². The van der Waals surface area contributed by atoms with Gasteiger partial charge < -0.3 is 4.42 Å². The van der Waals surface area contributed by atoms with Gasteiger partial charge in [0.05, 0.1) is 17.5 Å². The molecule has 2 aromatic heterocycles. The van der Waals surface area contributed by atoms with E-state index in [1.165, 1.54) is 16.7 Å². The summed E-state index contributed by atoms with van der Waals surface area (Å²) in [5.74, 6) is 0.276. The summed E-state index contributed by atoms with van der Waals surface area (Å²) in [6.45, 7) is 14.4. The molecule has 4 heteroatoms. The Hall–Kier alpha value is -4.05. The van der Waals surface area contributed by atoms with Crippen molar-refractivity contribution in [2.45, 2.75) is 38.1 Å². The molecule has 0 amide bonds. The number of fused-ring (bicyclic) bond motifs is 8. The lowest BCUT2D eigenvalue weighted by Crippen LogP contribution is -2.27. The molecule has 0 aliphatic carbocycles. The third-order valence-electron chi connectivity index (χ3n) is 7.25. The quantitative estimate of drug-likeness (QED) is 0.318. The third-order valence-corrected chi connectivity index (χ3v) is 7.25. The average Bonchev–Trinajstić information content (AvgIpc) is 3.23. The fraction of sp³-hybridized carbons (Fsp3) is 0.194. The highest BCUT2D eigenvalue weighted by atomic mass is 16.3. The molecule has 0 N–H and O–H groups in total. The van der Waals surface area contributed by atoms with Crippen molar-refractivity contribution in [2.75, 3.05) is 0 Å². The van der Waals surface area contributed by atoms with Crippen LogP contribution in [0.5, 0.6) is 0 Å². The smallest absolute Gasteiger partial charge is 0.145 e. The summed E-state index contributed by atoms with van der Waals surface area (Å²) in [4.78, 5) is 14.6. The maximum atomic E-state index is 6.43. The Bertz CT molecular complexity index is 1600. The lowest BCUT2D eigenvalue weighted by atomic mass is 9.78. The van der Waals surface area contributed by atoms with Crippen LogP contribution < -0.4 is 0 Å². The van der Waals surface area contributed by atoms with E-state index in [-0.39, 0.29) is 12.0 Å². The van der Waals surface area contributed by atoms with E-state index in [4.69, 9.17) is 14.4 Å². The number of benzene rings is 2. The molecule has 6 rings (SSSR count). The second kappa shape index (κ2) is 8.31. The van der Waals surface area contributed by atoms with Crippen LogP contribution in [0.25, 0.3) is 21.9 Å². The van der Waals surface area contributed by atoms with Crippen LogP contribution >= 0.6 is 0 Å². The van der Waals surface area contributed by atoms with Gasteiger partial charge in [0.2, 0.25) is 0 Å². The van der Waals surface area contributed by atoms with Crippen LogP contribution in [0.1, 0.15) is 46.7 Å². The Balaban J connectivity index is 1.55. The minimum Gasteiger partial charge on any atom is -0.455 e. The van der Waals surface area contributed by atoms with Gasteiger partial charge in [-0.2, -0.15) is 0 Å². The monoisotopic (exact) mass is 457 g/mol. The summed E-state index contributed by atoms with van der Waals surface area (Å²) in [6.07, 6.45) is 8.10. The summed E-state index contributed by atoms with van der Waals surface area (Å²) in [5, 5.41) is 2.06. The van der Waals surface area contributed by atoms with Gasteiger partial charge in [0.15, 0.2) is 0 Å². The third kappa shape index (κ3) is 3.48. The second-order valence-corrected chi connectivity index (χ2v) is 9.39. The normalized spacial score (nSPS) is 19.9. The number of nitrogens with zero attached hydrogens (tertiary/aromatic N) is 3. The molecule has 172 valence electrons. The van der Waals surface area contributed by atoms with Gasteiger partial charge in [-0.05, 0) is 43.0 Å². The Labute approximate surface area is 205 Å². The molecular weight excluding hydrogens is 430 g/mol. The van der Waals surface area contributed by atoms with Crippen molar-refractivity contribution >= 4 is 33.4 Å². The van der Waals surface area contributed by atoms with Crippen molar-refractivity contribution < 1.29 is 4.42 Å². The molecule has 0 saturated heterocycles. The van der Waals surface area contributed by atoms with Gasteiger partial charge in [0.25, 0.3) is 0 Å². The van der Waals surface area contributed by atoms with Crippen LogP contribution in [-0.2, 0) is 6.42 Å². The molecule has 2 aliphatic rings. The molecule has 4 heterocycles. The van der Waals surface area contributed by atoms with E-state index < -0.39 is 0 Å². The van der Waals surface area contributed by atoms with Gasteiger partial charge in [-0.1, -0.05) is 56.1 Å². The van der Waals surface area contributed by atoms with Crippen LogP contribution in [0.3, 0.4) is 0 Å². The van der Waals surface area contributed by atoms with E-state index in [9.17, 15) is 0 Å². The number of allylic oxidation sites excluding steroid dienone is 2. The van der Waals surface area contributed by atoms with Gasteiger partial charge >= 0.3 is 0 Å². The number of pyridine rings is 1. The number of aliphatic imine (C=N–C) groups is 2. The molecule has 0 radical (unpaired) electrons. The summed E-state index contributed by atoms with van der Waals surface area (Å²) in [5.41, 5.74) is 9.86. The SMILES string of the molecule is C=CC1=NC2CC(=C)N=C(C=C)c3c(ccc4c3oc3cc(C)ncc34)CCC2c2ccccc21. The summed E-state index contributed by atoms with van der Waals surface area (Å²) < 4.78 is 6.43. The van der Waals surface area contributed by atoms with Crippen molar-refractivity contribution in [1.29, 1.82) is 0 Å². The predicted octanol–water partition coefficient (Wildman–Crippen LogP) is 7.26. The van der Waals surface area contributed by atoms with Crippen molar-refractivity contribution in [2.24, 2.45) is 9.98 Å². The average molecular weight is 458 g/mol. The first kappa shape index (κ1) is 21.5. The zero-order chi connectivity index (χ0) is 24.1. The predicted molar refractivity (Wildman–Crippen MR) is 145 cm³/mol. The number of furan rings is 1. The first-order chi connectivity index (χ1) is 17.1. The molecular formula is C31H27N3O. The largest absolute Gasteiger partial charge is 0.455 e. The maximum Gasteiger partial charge on any atom is 0.145 e. The van der Waals surface area contributed by atoms with E-state index >= 15 is 0 Å². The number of hydrogen-bond donors (Lipinski definition) is 0. The van der Waals surface area contributed by atoms with Crippen LogP contribution in [0.15, 0.2) is 101 Å². The lowest BCUT2D eigenvalue weighted by Gasteiger charge is -2.32. The molecule has 4 nitrogen and oxygen atoms in total. The van der Waals surface area contributed by atoms with Crippen molar-refractivity contribution in [3.63, 3.8) is 0 Å². The highest BCUT2D eigenvalue weighted by Crippen LogP contribution is 2.40. The van der Waals surface area contributed by atoms with Gasteiger partial charge in [-0.15, -0.1) is 0 Å². The molecule has 2 aliphatic heterocycles. The first-order valence-electron chi connectivity index (χ1n) is 12.1. The van der Waals surface area contributed by atoms with Crippen LogP contribution in [0, 0.1) is 6.92 Å². The van der Waals surface area contributed by atoms with Crippen LogP contribution in [-0.4, -0.2) is 22.4 Å². The Kier molecular flexibility index (Phi) is 5.10. The van der Waals surface area contributed by atoms with E-state index in [1.807, 2.05) is 31.3 Å². The van der Waals surface area contributed by atoms with Crippen molar-refractivity contribution in [3.05, 3.63) is 114 Å². The van der Waals surface area contributed by atoms with Gasteiger partial charge in [-0.25, -0.2) is 0 Å². The molecule has 4 aromatic rings.